The zero-order valence-electron chi connectivity index (χ0n) is 19.3. The molecule has 0 bridgehead atoms. The number of hydrogen-bond acceptors (Lipinski definition) is 5. The smallest absolute Gasteiger partial charge is 0.368 e. The normalized spacial score (nSPS) is 12.1. The molecule has 2 aromatic heterocycles. The molecule has 4 aromatic rings. The third-order valence-electron chi connectivity index (χ3n) is 5.42. The highest BCUT2D eigenvalue weighted by Crippen LogP contribution is 2.37. The molecule has 0 saturated heterocycles. The van der Waals surface area contributed by atoms with Gasteiger partial charge in [-0.15, -0.1) is 0 Å². The van der Waals surface area contributed by atoms with Gasteiger partial charge < -0.3 is 11.1 Å². The van der Waals surface area contributed by atoms with Crippen molar-refractivity contribution in [2.75, 3.05) is 16.4 Å². The molecule has 14 heteroatoms. The SMILES string of the molecule is CCc1cc(-c2cc(NC(=O)Nc3cc(C(F)(F)F)cc(C(F)(F)F)c3)nn2C)cc2cnc(N)nc12. The highest BCUT2D eigenvalue weighted by Gasteiger charge is 2.37. The van der Waals surface area contributed by atoms with Crippen molar-refractivity contribution >= 4 is 34.4 Å². The third kappa shape index (κ3) is 5.57. The van der Waals surface area contributed by atoms with Crippen LogP contribution in [0.1, 0.15) is 23.6 Å². The van der Waals surface area contributed by atoms with Crippen LogP contribution in [-0.4, -0.2) is 25.8 Å². The minimum atomic E-state index is -5.04. The van der Waals surface area contributed by atoms with E-state index in [1.54, 1.807) is 19.3 Å². The fourth-order valence-electron chi connectivity index (χ4n) is 3.75. The Balaban J connectivity index is 1.60. The van der Waals surface area contributed by atoms with Crippen molar-refractivity contribution in [1.29, 1.82) is 0 Å². The Kier molecular flexibility index (Phi) is 6.44. The van der Waals surface area contributed by atoms with E-state index in [9.17, 15) is 31.1 Å². The van der Waals surface area contributed by atoms with Gasteiger partial charge in [-0.2, -0.15) is 31.4 Å². The first-order valence-electron chi connectivity index (χ1n) is 10.7. The van der Waals surface area contributed by atoms with E-state index < -0.39 is 35.2 Å². The molecule has 0 spiro atoms. The first kappa shape index (κ1) is 25.7. The molecule has 2 amide bonds. The number of halogens is 6. The number of carbonyl (C=O) groups is 1. The van der Waals surface area contributed by atoms with Crippen molar-refractivity contribution in [3.63, 3.8) is 0 Å². The maximum absolute atomic E-state index is 13.1. The lowest BCUT2D eigenvalue weighted by Gasteiger charge is -2.14. The van der Waals surface area contributed by atoms with Crippen molar-refractivity contribution < 1.29 is 31.1 Å². The Morgan fingerprint density at radius 1 is 0.973 bits per heavy atom. The topological polar surface area (TPSA) is 111 Å². The number of amides is 2. The summed E-state index contributed by atoms with van der Waals surface area (Å²) in [6.45, 7) is 1.94. The Labute approximate surface area is 205 Å². The van der Waals surface area contributed by atoms with Gasteiger partial charge in [0.15, 0.2) is 5.82 Å². The van der Waals surface area contributed by atoms with Crippen LogP contribution in [0.2, 0.25) is 0 Å². The van der Waals surface area contributed by atoms with Gasteiger partial charge in [-0.05, 0) is 42.3 Å². The monoisotopic (exact) mass is 523 g/mol. The summed E-state index contributed by atoms with van der Waals surface area (Å²) in [7, 11) is 1.61. The molecule has 0 unspecified atom stereocenters. The van der Waals surface area contributed by atoms with Crippen molar-refractivity contribution in [3.05, 3.63) is 59.3 Å². The lowest BCUT2D eigenvalue weighted by Crippen LogP contribution is -2.21. The second kappa shape index (κ2) is 9.26. The Morgan fingerprint density at radius 2 is 1.62 bits per heavy atom. The number of anilines is 3. The Morgan fingerprint density at radius 3 is 2.22 bits per heavy atom. The molecule has 0 saturated carbocycles. The first-order valence-corrected chi connectivity index (χ1v) is 10.7. The molecule has 0 aliphatic carbocycles. The van der Waals surface area contributed by atoms with Crippen molar-refractivity contribution in [3.8, 4) is 11.3 Å². The van der Waals surface area contributed by atoms with Gasteiger partial charge in [-0.3, -0.25) is 10.00 Å². The third-order valence-corrected chi connectivity index (χ3v) is 5.42. The van der Waals surface area contributed by atoms with Crippen LogP contribution in [0.15, 0.2) is 42.6 Å². The molecule has 0 aliphatic heterocycles. The van der Waals surface area contributed by atoms with Crippen LogP contribution >= 0.6 is 0 Å². The average molecular weight is 523 g/mol. The van der Waals surface area contributed by atoms with Crippen LogP contribution in [0.5, 0.6) is 0 Å². The second-order valence-corrected chi connectivity index (χ2v) is 8.07. The molecular formula is C23H19F6N7O. The predicted molar refractivity (Wildman–Crippen MR) is 125 cm³/mol. The molecule has 4 N–H and O–H groups in total. The number of benzene rings is 2. The average Bonchev–Trinajstić information content (AvgIpc) is 3.16. The number of rotatable bonds is 4. The van der Waals surface area contributed by atoms with Crippen LogP contribution in [0.25, 0.3) is 22.2 Å². The highest BCUT2D eigenvalue weighted by atomic mass is 19.4. The number of alkyl halides is 6. The van der Waals surface area contributed by atoms with E-state index in [2.05, 4.69) is 20.4 Å². The second-order valence-electron chi connectivity index (χ2n) is 8.07. The maximum Gasteiger partial charge on any atom is 0.416 e. The van der Waals surface area contributed by atoms with E-state index in [0.717, 1.165) is 10.9 Å². The molecule has 0 radical (unpaired) electrons. The van der Waals surface area contributed by atoms with Gasteiger partial charge in [-0.1, -0.05) is 6.92 Å². The molecule has 37 heavy (non-hydrogen) atoms. The zero-order chi connectivity index (χ0) is 27.1. The fourth-order valence-corrected chi connectivity index (χ4v) is 3.75. The summed E-state index contributed by atoms with van der Waals surface area (Å²) in [5.41, 5.74) is 4.78. The molecular weight excluding hydrogens is 504 g/mol. The first-order chi connectivity index (χ1) is 17.2. The number of carbonyl (C=O) groups excluding carboxylic acids is 1. The minimum Gasteiger partial charge on any atom is -0.368 e. The summed E-state index contributed by atoms with van der Waals surface area (Å²) in [4.78, 5) is 20.7. The van der Waals surface area contributed by atoms with Gasteiger partial charge in [0.25, 0.3) is 0 Å². The highest BCUT2D eigenvalue weighted by molar-refractivity contribution is 5.99. The van der Waals surface area contributed by atoms with E-state index in [1.165, 1.54) is 10.7 Å². The molecule has 0 fully saturated rings. The van der Waals surface area contributed by atoms with Gasteiger partial charge in [0.2, 0.25) is 5.95 Å². The molecule has 8 nitrogen and oxygen atoms in total. The summed E-state index contributed by atoms with van der Waals surface area (Å²) >= 11 is 0. The summed E-state index contributed by atoms with van der Waals surface area (Å²) in [5, 5.41) is 9.22. The van der Waals surface area contributed by atoms with Crippen LogP contribution in [0.3, 0.4) is 0 Å². The molecule has 2 heterocycles. The van der Waals surface area contributed by atoms with Gasteiger partial charge in [0, 0.05) is 35.9 Å². The number of aromatic nitrogens is 4. The van der Waals surface area contributed by atoms with Crippen LogP contribution < -0.4 is 16.4 Å². The lowest BCUT2D eigenvalue weighted by molar-refractivity contribution is -0.143. The number of nitrogens with two attached hydrogens (primary N) is 1. The van der Waals surface area contributed by atoms with Crippen molar-refractivity contribution in [1.82, 2.24) is 19.7 Å². The molecule has 2 aromatic carbocycles. The number of urea groups is 1. The van der Waals surface area contributed by atoms with E-state index in [1.807, 2.05) is 18.3 Å². The van der Waals surface area contributed by atoms with Crippen LogP contribution in [0, 0.1) is 0 Å². The Bertz CT molecular complexity index is 1460. The van der Waals surface area contributed by atoms with E-state index in [0.29, 0.717) is 35.3 Å². The van der Waals surface area contributed by atoms with Gasteiger partial charge in [-0.25, -0.2) is 14.8 Å². The Hall–Kier alpha value is -4.36. The summed E-state index contributed by atoms with van der Waals surface area (Å²) in [5.74, 6) is 0.154. The predicted octanol–water partition coefficient (Wildman–Crippen LogP) is 5.86. The fraction of sp³-hybridized carbons (Fsp3) is 0.217. The number of nitrogen functional groups attached to an aromatic ring is 1. The van der Waals surface area contributed by atoms with Gasteiger partial charge >= 0.3 is 18.4 Å². The summed E-state index contributed by atoms with van der Waals surface area (Å²) < 4.78 is 79.9. The maximum atomic E-state index is 13.1. The summed E-state index contributed by atoms with van der Waals surface area (Å²) in [6, 6.07) is 4.90. The molecule has 0 aliphatic rings. The summed E-state index contributed by atoms with van der Waals surface area (Å²) in [6.07, 6.45) is -7.87. The number of fused-ring (bicyclic) bond motifs is 1. The quantitative estimate of drug-likeness (QED) is 0.291. The number of nitrogens with zero attached hydrogens (tertiary/aromatic N) is 4. The van der Waals surface area contributed by atoms with E-state index >= 15 is 0 Å². The van der Waals surface area contributed by atoms with Crippen molar-refractivity contribution in [2.45, 2.75) is 25.7 Å². The van der Waals surface area contributed by atoms with Gasteiger partial charge in [0.05, 0.1) is 22.3 Å². The largest absolute Gasteiger partial charge is 0.416 e. The van der Waals surface area contributed by atoms with Crippen LogP contribution in [0.4, 0.5) is 48.6 Å². The molecule has 194 valence electrons. The van der Waals surface area contributed by atoms with Crippen LogP contribution in [-0.2, 0) is 25.8 Å². The standard InChI is InChI=1S/C23H19F6N7O/c1-3-11-4-12(5-13-10-31-20(30)34-19(11)13)17-9-18(35-36(17)2)33-21(37)32-16-7-14(22(24,25)26)6-15(8-16)23(27,28)29/h4-10H,3H2,1-2H3,(H2,30,31,34)(H2,32,33,35,37). The van der Waals surface area contributed by atoms with Gasteiger partial charge in [0.1, 0.15) is 0 Å². The van der Waals surface area contributed by atoms with E-state index in [4.69, 9.17) is 5.73 Å². The number of nitrogens with one attached hydrogen (secondary N) is 2. The molecule has 4 rings (SSSR count). The van der Waals surface area contributed by atoms with Crippen molar-refractivity contribution in [2.24, 2.45) is 7.05 Å². The minimum absolute atomic E-state index is 0.0183. The van der Waals surface area contributed by atoms with E-state index in [-0.39, 0.29) is 17.8 Å². The number of hydrogen-bond donors (Lipinski definition) is 3. The lowest BCUT2D eigenvalue weighted by atomic mass is 10.0. The number of aryl methyl sites for hydroxylation is 2. The zero-order valence-corrected chi connectivity index (χ0v) is 19.3. The molecule has 0 atom stereocenters.